The van der Waals surface area contributed by atoms with Crippen molar-refractivity contribution < 1.29 is 0 Å². The van der Waals surface area contributed by atoms with Crippen LogP contribution in [0.25, 0.3) is 39.0 Å². The molecule has 0 radical (unpaired) electrons. The number of nitrogens with zero attached hydrogens (tertiary/aromatic N) is 1. The Morgan fingerprint density at radius 1 is 0.489 bits per heavy atom. The molecule has 218 valence electrons. The van der Waals surface area contributed by atoms with E-state index in [1.807, 2.05) is 6.08 Å². The monoisotopic (exact) mass is 579 g/mol. The Morgan fingerprint density at radius 3 is 1.49 bits per heavy atom. The summed E-state index contributed by atoms with van der Waals surface area (Å²) in [4.78, 5) is 2.37. The zero-order chi connectivity index (χ0) is 31.0. The van der Waals surface area contributed by atoms with Gasteiger partial charge in [-0.25, -0.2) is 0 Å². The van der Waals surface area contributed by atoms with Crippen LogP contribution in [-0.2, 0) is 5.41 Å². The summed E-state index contributed by atoms with van der Waals surface area (Å²) in [6.45, 7) is 11.0. The molecule has 0 unspecified atom stereocenters. The van der Waals surface area contributed by atoms with E-state index in [-0.39, 0.29) is 5.41 Å². The van der Waals surface area contributed by atoms with Crippen LogP contribution in [0.15, 0.2) is 170 Å². The normalized spacial score (nSPS) is 13.4. The summed E-state index contributed by atoms with van der Waals surface area (Å²) in [6, 6.07) is 54.7. The fourth-order valence-electron chi connectivity index (χ4n) is 6.70. The molecule has 6 aromatic rings. The van der Waals surface area contributed by atoms with Gasteiger partial charge in [-0.05, 0) is 93.4 Å². The Morgan fingerprint density at radius 2 is 0.933 bits per heavy atom. The molecule has 0 aromatic heterocycles. The van der Waals surface area contributed by atoms with E-state index in [1.54, 1.807) is 0 Å². The highest BCUT2D eigenvalue weighted by atomic mass is 15.1. The zero-order valence-corrected chi connectivity index (χ0v) is 26.2. The molecule has 0 bridgehead atoms. The molecule has 0 heterocycles. The Labute approximate surface area is 267 Å². The molecule has 0 saturated carbocycles. The summed E-state index contributed by atoms with van der Waals surface area (Å²) in [7, 11) is 0. The SMILES string of the molecule is C=CC1=C(C)C(C)(C)c2cc(N(c3ccc(-c4ccccc4)cc3)c3ccc(-c4ccccc4-c4ccccc4)cc3)ccc21. The van der Waals surface area contributed by atoms with Crippen molar-refractivity contribution in [2.75, 3.05) is 4.90 Å². The maximum atomic E-state index is 4.13. The lowest BCUT2D eigenvalue weighted by Gasteiger charge is -2.29. The first kappa shape index (κ1) is 28.4. The Balaban J connectivity index is 1.33. The number of hydrogen-bond acceptors (Lipinski definition) is 1. The molecule has 45 heavy (non-hydrogen) atoms. The Kier molecular flexibility index (Phi) is 7.31. The lowest BCUT2D eigenvalue weighted by atomic mass is 9.82. The van der Waals surface area contributed by atoms with Crippen molar-refractivity contribution in [3.8, 4) is 33.4 Å². The lowest BCUT2D eigenvalue weighted by Crippen LogP contribution is -2.17. The molecular formula is C44H37N. The number of rotatable bonds is 7. The van der Waals surface area contributed by atoms with Gasteiger partial charge in [-0.15, -0.1) is 0 Å². The topological polar surface area (TPSA) is 3.24 Å². The molecule has 0 N–H and O–H groups in total. The van der Waals surface area contributed by atoms with Crippen molar-refractivity contribution in [3.63, 3.8) is 0 Å². The van der Waals surface area contributed by atoms with Crippen LogP contribution in [0.2, 0.25) is 0 Å². The molecule has 1 heteroatoms. The van der Waals surface area contributed by atoms with E-state index in [9.17, 15) is 0 Å². The average molecular weight is 580 g/mol. The predicted octanol–water partition coefficient (Wildman–Crippen LogP) is 12.4. The lowest BCUT2D eigenvalue weighted by molar-refractivity contribution is 0.639. The van der Waals surface area contributed by atoms with Crippen molar-refractivity contribution >= 4 is 22.6 Å². The van der Waals surface area contributed by atoms with Crippen molar-refractivity contribution in [3.05, 3.63) is 181 Å². The second kappa shape index (κ2) is 11.6. The summed E-state index contributed by atoms with van der Waals surface area (Å²) < 4.78 is 0. The summed E-state index contributed by atoms with van der Waals surface area (Å²) in [5, 5.41) is 0. The highest BCUT2D eigenvalue weighted by Crippen LogP contribution is 2.49. The molecule has 1 aliphatic carbocycles. The highest BCUT2D eigenvalue weighted by molar-refractivity contribution is 5.89. The number of anilines is 3. The van der Waals surface area contributed by atoms with Gasteiger partial charge in [0.2, 0.25) is 0 Å². The molecule has 6 aromatic carbocycles. The summed E-state index contributed by atoms with van der Waals surface area (Å²) >= 11 is 0. The van der Waals surface area contributed by atoms with Crippen molar-refractivity contribution in [2.24, 2.45) is 0 Å². The van der Waals surface area contributed by atoms with Crippen LogP contribution >= 0.6 is 0 Å². The summed E-state index contributed by atoms with van der Waals surface area (Å²) in [5.41, 5.74) is 15.9. The molecule has 1 nitrogen and oxygen atoms in total. The second-order valence-electron chi connectivity index (χ2n) is 12.3. The minimum absolute atomic E-state index is 0.0668. The minimum Gasteiger partial charge on any atom is -0.310 e. The van der Waals surface area contributed by atoms with Crippen LogP contribution in [-0.4, -0.2) is 0 Å². The first-order valence-corrected chi connectivity index (χ1v) is 15.6. The van der Waals surface area contributed by atoms with E-state index in [0.29, 0.717) is 0 Å². The number of hydrogen-bond donors (Lipinski definition) is 0. The summed E-state index contributed by atoms with van der Waals surface area (Å²) in [6.07, 6.45) is 2.01. The van der Waals surface area contributed by atoms with E-state index in [1.165, 1.54) is 55.7 Å². The van der Waals surface area contributed by atoms with E-state index in [2.05, 4.69) is 184 Å². The molecule has 0 spiro atoms. The highest BCUT2D eigenvalue weighted by Gasteiger charge is 2.34. The van der Waals surface area contributed by atoms with Gasteiger partial charge in [-0.2, -0.15) is 0 Å². The van der Waals surface area contributed by atoms with Crippen molar-refractivity contribution in [2.45, 2.75) is 26.2 Å². The van der Waals surface area contributed by atoms with E-state index >= 15 is 0 Å². The quantitative estimate of drug-likeness (QED) is 0.182. The van der Waals surface area contributed by atoms with E-state index < -0.39 is 0 Å². The zero-order valence-electron chi connectivity index (χ0n) is 26.2. The van der Waals surface area contributed by atoms with Gasteiger partial charge < -0.3 is 4.90 Å². The maximum Gasteiger partial charge on any atom is 0.0465 e. The maximum absolute atomic E-state index is 4.13. The smallest absolute Gasteiger partial charge is 0.0465 e. The molecule has 0 atom stereocenters. The van der Waals surface area contributed by atoms with Crippen LogP contribution in [0.5, 0.6) is 0 Å². The average Bonchev–Trinajstić information content (AvgIpc) is 3.29. The van der Waals surface area contributed by atoms with Crippen molar-refractivity contribution in [1.29, 1.82) is 0 Å². The van der Waals surface area contributed by atoms with Gasteiger partial charge in [-0.1, -0.05) is 147 Å². The van der Waals surface area contributed by atoms with Gasteiger partial charge in [0.05, 0.1) is 0 Å². The first-order valence-electron chi connectivity index (χ1n) is 15.6. The Bertz CT molecular complexity index is 2010. The third-order valence-corrected chi connectivity index (χ3v) is 9.45. The Hall–Kier alpha value is -5.40. The minimum atomic E-state index is -0.0668. The van der Waals surface area contributed by atoms with Gasteiger partial charge >= 0.3 is 0 Å². The standard InChI is InChI=1S/C44H37N/c1-5-39-31(2)44(3,4)43-30-38(28-29-42(39)43)45(36-24-20-33(21-25-36)32-14-8-6-9-15-32)37-26-22-35(23-27-37)41-19-13-12-18-40(41)34-16-10-7-11-17-34/h5-30H,1H2,2-4H3. The van der Waals surface area contributed by atoms with Gasteiger partial charge in [0.1, 0.15) is 0 Å². The van der Waals surface area contributed by atoms with Gasteiger partial charge in [-0.3, -0.25) is 0 Å². The van der Waals surface area contributed by atoms with E-state index in [0.717, 1.165) is 17.1 Å². The molecule has 0 fully saturated rings. The molecule has 0 aliphatic heterocycles. The fourth-order valence-corrected chi connectivity index (χ4v) is 6.70. The van der Waals surface area contributed by atoms with Crippen LogP contribution in [0.3, 0.4) is 0 Å². The number of benzene rings is 6. The van der Waals surface area contributed by atoms with Crippen LogP contribution < -0.4 is 4.90 Å². The van der Waals surface area contributed by atoms with E-state index in [4.69, 9.17) is 0 Å². The summed E-state index contributed by atoms with van der Waals surface area (Å²) in [5.74, 6) is 0. The first-order chi connectivity index (χ1) is 22.0. The molecule has 0 amide bonds. The van der Waals surface area contributed by atoms with Gasteiger partial charge in [0.15, 0.2) is 0 Å². The van der Waals surface area contributed by atoms with Gasteiger partial charge in [0, 0.05) is 22.5 Å². The largest absolute Gasteiger partial charge is 0.310 e. The number of fused-ring (bicyclic) bond motifs is 1. The predicted molar refractivity (Wildman–Crippen MR) is 193 cm³/mol. The molecular weight excluding hydrogens is 542 g/mol. The molecule has 1 aliphatic rings. The molecule has 0 saturated heterocycles. The van der Waals surface area contributed by atoms with Crippen LogP contribution in [0.1, 0.15) is 31.9 Å². The van der Waals surface area contributed by atoms with Crippen LogP contribution in [0.4, 0.5) is 17.1 Å². The van der Waals surface area contributed by atoms with Gasteiger partial charge in [0.25, 0.3) is 0 Å². The van der Waals surface area contributed by atoms with Crippen molar-refractivity contribution in [1.82, 2.24) is 0 Å². The van der Waals surface area contributed by atoms with Crippen LogP contribution in [0, 0.1) is 0 Å². The third kappa shape index (κ3) is 5.11. The fraction of sp³-hybridized carbons (Fsp3) is 0.0909. The number of allylic oxidation sites excluding steroid dienone is 3. The third-order valence-electron chi connectivity index (χ3n) is 9.45. The molecule has 7 rings (SSSR count). The second-order valence-corrected chi connectivity index (χ2v) is 12.3.